The third kappa shape index (κ3) is 3.58. The molecule has 1 heterocycles. The van der Waals surface area contributed by atoms with Crippen LogP contribution in [0.2, 0.25) is 0 Å². The maximum Gasteiger partial charge on any atom is 0.247 e. The van der Waals surface area contributed by atoms with Crippen LogP contribution < -0.4 is 5.46 Å². The van der Waals surface area contributed by atoms with Crippen molar-refractivity contribution in [2.24, 2.45) is 0 Å². The van der Waals surface area contributed by atoms with Crippen LogP contribution in [0.4, 0.5) is 0 Å². The molecule has 0 bridgehead atoms. The zero-order valence-corrected chi connectivity index (χ0v) is 15.8. The van der Waals surface area contributed by atoms with Crippen molar-refractivity contribution in [1.82, 2.24) is 4.81 Å². The maximum atomic E-state index is 12.1. The van der Waals surface area contributed by atoms with Gasteiger partial charge in [0.1, 0.15) is 5.60 Å². The Bertz CT molecular complexity index is 824. The minimum Gasteiger partial charge on any atom is -0.379 e. The predicted octanol–water partition coefficient (Wildman–Crippen LogP) is 3.64. The number of nitrogens with zero attached hydrogens (tertiary/aromatic N) is 1. The Morgan fingerprint density at radius 1 is 0.852 bits per heavy atom. The van der Waals surface area contributed by atoms with Crippen LogP contribution in [0.5, 0.6) is 0 Å². The van der Waals surface area contributed by atoms with Gasteiger partial charge in [-0.05, 0) is 37.4 Å². The van der Waals surface area contributed by atoms with Crippen molar-refractivity contribution in [2.75, 3.05) is 6.54 Å². The van der Waals surface area contributed by atoms with Crippen LogP contribution >= 0.6 is 0 Å². The van der Waals surface area contributed by atoms with Crippen LogP contribution in [0.15, 0.2) is 84.9 Å². The molecule has 2 nitrogen and oxygen atoms in total. The van der Waals surface area contributed by atoms with Gasteiger partial charge < -0.3 is 9.92 Å². The monoisotopic (exact) mass is 354 g/mol. The van der Waals surface area contributed by atoms with E-state index in [0.29, 0.717) is 0 Å². The predicted molar refractivity (Wildman–Crippen MR) is 112 cm³/mol. The fourth-order valence-electron chi connectivity index (χ4n) is 4.17. The molecule has 27 heavy (non-hydrogen) atoms. The molecule has 3 aromatic rings. The Labute approximate surface area is 162 Å². The van der Waals surface area contributed by atoms with Gasteiger partial charge in [-0.3, -0.25) is 0 Å². The summed E-state index contributed by atoms with van der Waals surface area (Å²) >= 11 is 0. The summed E-state index contributed by atoms with van der Waals surface area (Å²) in [5.74, 6) is 0. The first-order valence-electron chi connectivity index (χ1n) is 9.68. The van der Waals surface area contributed by atoms with Crippen molar-refractivity contribution in [3.8, 4) is 0 Å². The van der Waals surface area contributed by atoms with Gasteiger partial charge in [-0.2, -0.15) is 0 Å². The van der Waals surface area contributed by atoms with Gasteiger partial charge in [0.15, 0.2) is 0 Å². The van der Waals surface area contributed by atoms with Gasteiger partial charge in [-0.1, -0.05) is 96.0 Å². The van der Waals surface area contributed by atoms with Crippen LogP contribution in [-0.2, 0) is 5.60 Å². The first-order valence-corrected chi connectivity index (χ1v) is 9.68. The molecule has 0 amide bonds. The second kappa shape index (κ2) is 7.71. The molecule has 3 aromatic carbocycles. The summed E-state index contributed by atoms with van der Waals surface area (Å²) in [4.78, 5) is 2.32. The molecule has 1 N–H and O–H groups in total. The highest BCUT2D eigenvalue weighted by Crippen LogP contribution is 2.39. The van der Waals surface area contributed by atoms with E-state index in [-0.39, 0.29) is 6.04 Å². The van der Waals surface area contributed by atoms with Gasteiger partial charge in [-0.25, -0.2) is 0 Å². The Kier molecular flexibility index (Phi) is 5.15. The van der Waals surface area contributed by atoms with Crippen molar-refractivity contribution in [3.05, 3.63) is 102 Å². The fourth-order valence-corrected chi connectivity index (χ4v) is 4.17. The molecule has 1 atom stereocenters. The second-order valence-electron chi connectivity index (χ2n) is 7.43. The molecule has 4 rings (SSSR count). The summed E-state index contributed by atoms with van der Waals surface area (Å²) in [6, 6.07) is 28.7. The highest BCUT2D eigenvalue weighted by molar-refractivity contribution is 6.50. The molecule has 3 heteroatoms. The third-order valence-electron chi connectivity index (χ3n) is 5.60. The van der Waals surface area contributed by atoms with E-state index in [2.05, 4.69) is 43.4 Å². The standard InChI is InChI=1S/C24H25BNO/c1-19-14-16-22(17-15-19)25-26-18-8-13-23(26)24(27,20-9-4-2-5-10-20)21-11-6-3-7-12-21/h2-7,9-12,14-17,23,27H,8,13,18H2,1H3. The SMILES string of the molecule is Cc1ccc([B]N2CCCC2C(O)(c2ccccc2)c2ccccc2)cc1. The minimum absolute atomic E-state index is 0.00334. The first kappa shape index (κ1) is 18.0. The van der Waals surface area contributed by atoms with Crippen LogP contribution in [0.1, 0.15) is 29.5 Å². The Morgan fingerprint density at radius 2 is 1.41 bits per heavy atom. The van der Waals surface area contributed by atoms with Gasteiger partial charge in [0.2, 0.25) is 7.41 Å². The van der Waals surface area contributed by atoms with E-state index in [9.17, 15) is 5.11 Å². The zero-order valence-electron chi connectivity index (χ0n) is 15.8. The van der Waals surface area contributed by atoms with Crippen LogP contribution in [0.25, 0.3) is 0 Å². The summed E-state index contributed by atoms with van der Waals surface area (Å²) in [6.07, 6.45) is 2.04. The molecule has 1 unspecified atom stereocenters. The van der Waals surface area contributed by atoms with Gasteiger partial charge >= 0.3 is 0 Å². The smallest absolute Gasteiger partial charge is 0.247 e. The number of aryl methyl sites for hydroxylation is 1. The van der Waals surface area contributed by atoms with Crippen LogP contribution in [-0.4, -0.2) is 29.9 Å². The number of hydrogen-bond acceptors (Lipinski definition) is 2. The maximum absolute atomic E-state index is 12.1. The average Bonchev–Trinajstić information content (AvgIpc) is 3.19. The van der Waals surface area contributed by atoms with Crippen LogP contribution in [0, 0.1) is 6.92 Å². The van der Waals surface area contributed by atoms with Crippen molar-refractivity contribution in [1.29, 1.82) is 0 Å². The topological polar surface area (TPSA) is 23.5 Å². The molecular weight excluding hydrogens is 329 g/mol. The van der Waals surface area contributed by atoms with E-state index in [0.717, 1.165) is 30.5 Å². The first-order chi connectivity index (χ1) is 13.2. The molecule has 1 aliphatic heterocycles. The molecule has 0 spiro atoms. The molecule has 1 saturated heterocycles. The highest BCUT2D eigenvalue weighted by atomic mass is 16.3. The summed E-state index contributed by atoms with van der Waals surface area (Å²) in [5.41, 5.74) is 3.29. The molecule has 135 valence electrons. The Balaban J connectivity index is 1.72. The molecule has 1 radical (unpaired) electrons. The van der Waals surface area contributed by atoms with Gasteiger partial charge in [0.05, 0.1) is 0 Å². The van der Waals surface area contributed by atoms with E-state index in [1.807, 2.05) is 60.7 Å². The van der Waals surface area contributed by atoms with Gasteiger partial charge in [-0.15, -0.1) is 0 Å². The van der Waals surface area contributed by atoms with Crippen molar-refractivity contribution >= 4 is 12.9 Å². The number of aliphatic hydroxyl groups is 1. The lowest BCUT2D eigenvalue weighted by molar-refractivity contribution is 0.0202. The number of benzene rings is 3. The van der Waals surface area contributed by atoms with E-state index < -0.39 is 5.60 Å². The van der Waals surface area contributed by atoms with Crippen molar-refractivity contribution < 1.29 is 5.11 Å². The zero-order chi connectivity index (χ0) is 18.7. The molecule has 0 saturated carbocycles. The van der Waals surface area contributed by atoms with Crippen LogP contribution in [0.3, 0.4) is 0 Å². The molecule has 1 fully saturated rings. The highest BCUT2D eigenvalue weighted by Gasteiger charge is 2.45. The summed E-state index contributed by atoms with van der Waals surface area (Å²) < 4.78 is 0. The van der Waals surface area contributed by atoms with Gasteiger partial charge in [0, 0.05) is 6.04 Å². The number of rotatable bonds is 5. The Morgan fingerprint density at radius 3 is 1.96 bits per heavy atom. The van der Waals surface area contributed by atoms with E-state index in [4.69, 9.17) is 0 Å². The lowest BCUT2D eigenvalue weighted by atomic mass is 9.73. The van der Waals surface area contributed by atoms with E-state index in [1.165, 1.54) is 11.0 Å². The van der Waals surface area contributed by atoms with E-state index in [1.54, 1.807) is 0 Å². The summed E-state index contributed by atoms with van der Waals surface area (Å²) in [7, 11) is 2.20. The molecular formula is C24H25BNO. The fraction of sp³-hybridized carbons (Fsp3) is 0.250. The van der Waals surface area contributed by atoms with Gasteiger partial charge in [0.25, 0.3) is 0 Å². The lowest BCUT2D eigenvalue weighted by Gasteiger charge is -2.40. The normalized spacial score (nSPS) is 17.8. The molecule has 0 aliphatic carbocycles. The van der Waals surface area contributed by atoms with Crippen molar-refractivity contribution in [3.63, 3.8) is 0 Å². The second-order valence-corrected chi connectivity index (χ2v) is 7.43. The number of hydrogen-bond donors (Lipinski definition) is 1. The quantitative estimate of drug-likeness (QED) is 0.707. The molecule has 1 aliphatic rings. The minimum atomic E-state index is -1.04. The molecule has 0 aromatic heterocycles. The Hall–Kier alpha value is -2.36. The third-order valence-corrected chi connectivity index (χ3v) is 5.60. The van der Waals surface area contributed by atoms with Crippen molar-refractivity contribution in [2.45, 2.75) is 31.4 Å². The summed E-state index contributed by atoms with van der Waals surface area (Å²) in [6.45, 7) is 3.06. The average molecular weight is 354 g/mol. The largest absolute Gasteiger partial charge is 0.379 e. The summed E-state index contributed by atoms with van der Waals surface area (Å²) in [5, 5.41) is 12.1. The lowest BCUT2D eigenvalue weighted by Crippen LogP contribution is -2.51. The van der Waals surface area contributed by atoms with E-state index >= 15 is 0 Å².